The second-order valence-electron chi connectivity index (χ2n) is 9.08. The van der Waals surface area contributed by atoms with Gasteiger partial charge in [0.15, 0.2) is 5.11 Å². The van der Waals surface area contributed by atoms with Gasteiger partial charge >= 0.3 is 0 Å². The zero-order valence-corrected chi connectivity index (χ0v) is 22.0. The molecular weight excluding hydrogens is 482 g/mol. The van der Waals surface area contributed by atoms with Gasteiger partial charge in [0.1, 0.15) is 5.75 Å². The summed E-state index contributed by atoms with van der Waals surface area (Å²) in [4.78, 5) is 18.3. The molecule has 1 aliphatic rings. The third-order valence-corrected chi connectivity index (χ3v) is 7.00. The van der Waals surface area contributed by atoms with Crippen LogP contribution in [0.15, 0.2) is 79.0 Å². The fourth-order valence-corrected chi connectivity index (χ4v) is 5.42. The van der Waals surface area contributed by atoms with Crippen molar-refractivity contribution in [2.24, 2.45) is 0 Å². The van der Waals surface area contributed by atoms with E-state index in [1.54, 1.807) is 7.11 Å². The largest absolute Gasteiger partial charge is 0.497 e. The maximum atomic E-state index is 11.5. The zero-order valence-electron chi connectivity index (χ0n) is 21.2. The second kappa shape index (κ2) is 10.1. The minimum absolute atomic E-state index is 0.106. The first kappa shape index (κ1) is 24.5. The minimum atomic E-state index is -0.145. The number of hydrogen-bond donors (Lipinski definition) is 2. The lowest BCUT2D eigenvalue weighted by Gasteiger charge is -2.28. The summed E-state index contributed by atoms with van der Waals surface area (Å²) in [5.74, 6) is 0.714. The lowest BCUT2D eigenvalue weighted by molar-refractivity contribution is -0.114. The Balaban J connectivity index is 1.61. The van der Waals surface area contributed by atoms with Gasteiger partial charge in [0.05, 0.1) is 24.9 Å². The molecule has 188 valence electrons. The number of nitrogens with zero attached hydrogens (tertiary/aromatic N) is 3. The van der Waals surface area contributed by atoms with E-state index in [9.17, 15) is 4.79 Å². The van der Waals surface area contributed by atoms with Crippen molar-refractivity contribution in [2.45, 2.75) is 32.9 Å². The van der Waals surface area contributed by atoms with Crippen molar-refractivity contribution in [1.29, 1.82) is 0 Å². The van der Waals surface area contributed by atoms with E-state index in [2.05, 4.69) is 57.1 Å². The summed E-state index contributed by atoms with van der Waals surface area (Å²) in [6.45, 7) is 5.75. The van der Waals surface area contributed by atoms with Crippen molar-refractivity contribution in [2.75, 3.05) is 17.3 Å². The highest BCUT2D eigenvalue weighted by Gasteiger charge is 2.42. The Bertz CT molecular complexity index is 1430. The van der Waals surface area contributed by atoms with Gasteiger partial charge in [-0.05, 0) is 98.4 Å². The number of ether oxygens (including phenoxy) is 1. The van der Waals surface area contributed by atoms with Gasteiger partial charge in [-0.3, -0.25) is 9.78 Å². The fourth-order valence-electron chi connectivity index (χ4n) is 5.07. The predicted octanol–water partition coefficient (Wildman–Crippen LogP) is 5.63. The van der Waals surface area contributed by atoms with Crippen molar-refractivity contribution in [3.8, 4) is 11.4 Å². The summed E-state index contributed by atoms with van der Waals surface area (Å²) in [7, 11) is 1.67. The quantitative estimate of drug-likeness (QED) is 0.327. The van der Waals surface area contributed by atoms with Gasteiger partial charge in [-0.15, -0.1) is 0 Å². The Kier molecular flexibility index (Phi) is 6.67. The monoisotopic (exact) mass is 511 g/mol. The van der Waals surface area contributed by atoms with Gasteiger partial charge in [-0.25, -0.2) is 0 Å². The van der Waals surface area contributed by atoms with Crippen LogP contribution in [0.4, 0.5) is 11.4 Å². The minimum Gasteiger partial charge on any atom is -0.497 e. The van der Waals surface area contributed by atoms with E-state index >= 15 is 0 Å². The topological polar surface area (TPSA) is 71.4 Å². The van der Waals surface area contributed by atoms with Crippen molar-refractivity contribution < 1.29 is 9.53 Å². The number of rotatable bonds is 6. The number of aromatic nitrogens is 2. The molecule has 2 N–H and O–H groups in total. The van der Waals surface area contributed by atoms with Crippen LogP contribution in [0.25, 0.3) is 5.69 Å². The number of methoxy groups -OCH3 is 1. The van der Waals surface area contributed by atoms with Crippen LogP contribution in [-0.2, 0) is 4.79 Å². The number of thiocarbonyl (C=S) groups is 1. The van der Waals surface area contributed by atoms with Gasteiger partial charge in [0.2, 0.25) is 5.91 Å². The highest BCUT2D eigenvalue weighted by atomic mass is 32.1. The Morgan fingerprint density at radius 2 is 1.73 bits per heavy atom. The third-order valence-electron chi connectivity index (χ3n) is 6.68. The SMILES string of the molecule is COc1ccc(-n2c(C)cc([C@H]3[C@@H](c4ccccn4)NC(=S)N3c3ccc(NC(C)=O)cc3)c2C)cc1. The van der Waals surface area contributed by atoms with Crippen LogP contribution in [0, 0.1) is 13.8 Å². The standard InChI is InChI=1S/C29H29N5O2S/c1-18-17-25(19(2)33(18)22-12-14-24(36-4)15-13-22)28-27(26-7-5-6-16-30-26)32-29(37)34(28)23-10-8-21(9-11-23)31-20(3)35/h5-17,27-28H,1-4H3,(H,31,35)(H,32,37)/t27-,28+/m1/s1. The highest BCUT2D eigenvalue weighted by molar-refractivity contribution is 7.80. The van der Waals surface area contributed by atoms with Crippen LogP contribution in [0.1, 0.15) is 41.7 Å². The first-order valence-corrected chi connectivity index (χ1v) is 12.5. The van der Waals surface area contributed by atoms with Gasteiger partial charge in [-0.2, -0.15) is 0 Å². The van der Waals surface area contributed by atoms with E-state index in [4.69, 9.17) is 17.0 Å². The Labute approximate surface area is 222 Å². The van der Waals surface area contributed by atoms with Gasteiger partial charge in [0.25, 0.3) is 0 Å². The summed E-state index contributed by atoms with van der Waals surface area (Å²) in [5.41, 5.74) is 7.06. The van der Waals surface area contributed by atoms with Crippen molar-refractivity contribution >= 4 is 34.6 Å². The molecule has 8 heteroatoms. The number of carbonyl (C=O) groups is 1. The molecule has 0 saturated carbocycles. The van der Waals surface area contributed by atoms with Crippen molar-refractivity contribution in [3.05, 3.63) is 102 Å². The van der Waals surface area contributed by atoms with Crippen molar-refractivity contribution in [1.82, 2.24) is 14.9 Å². The van der Waals surface area contributed by atoms with E-state index in [1.807, 2.05) is 60.8 Å². The summed E-state index contributed by atoms with van der Waals surface area (Å²) in [6, 6.07) is 23.7. The molecule has 7 nitrogen and oxygen atoms in total. The molecule has 0 aliphatic carbocycles. The molecule has 0 bridgehead atoms. The normalized spacial score (nSPS) is 17.0. The second-order valence-corrected chi connectivity index (χ2v) is 9.47. The summed E-state index contributed by atoms with van der Waals surface area (Å²) in [6.07, 6.45) is 1.81. The number of carbonyl (C=O) groups excluding carboxylic acids is 1. The predicted molar refractivity (Wildman–Crippen MR) is 150 cm³/mol. The zero-order chi connectivity index (χ0) is 26.1. The Morgan fingerprint density at radius 1 is 1.03 bits per heavy atom. The number of pyridine rings is 1. The van der Waals surface area contributed by atoms with Gasteiger partial charge in [0, 0.05) is 41.6 Å². The third kappa shape index (κ3) is 4.68. The van der Waals surface area contributed by atoms with Crippen LogP contribution in [0.5, 0.6) is 5.75 Å². The van der Waals surface area contributed by atoms with Crippen LogP contribution in [0.2, 0.25) is 0 Å². The van der Waals surface area contributed by atoms with Crippen LogP contribution >= 0.6 is 12.2 Å². The summed E-state index contributed by atoms with van der Waals surface area (Å²) < 4.78 is 7.60. The van der Waals surface area contributed by atoms with E-state index in [-0.39, 0.29) is 18.0 Å². The average Bonchev–Trinajstić information content (AvgIpc) is 3.39. The molecule has 4 aromatic rings. The molecule has 0 spiro atoms. The number of aryl methyl sites for hydroxylation is 1. The van der Waals surface area contributed by atoms with E-state index in [0.717, 1.165) is 45.5 Å². The molecule has 2 atom stereocenters. The molecule has 2 aromatic carbocycles. The highest BCUT2D eigenvalue weighted by Crippen LogP contribution is 2.44. The summed E-state index contributed by atoms with van der Waals surface area (Å²) >= 11 is 5.88. The lowest BCUT2D eigenvalue weighted by atomic mass is 9.96. The maximum Gasteiger partial charge on any atom is 0.221 e. The molecule has 1 saturated heterocycles. The molecule has 37 heavy (non-hydrogen) atoms. The Morgan fingerprint density at radius 3 is 2.35 bits per heavy atom. The number of benzene rings is 2. The van der Waals surface area contributed by atoms with Crippen LogP contribution < -0.4 is 20.3 Å². The molecular formula is C29H29N5O2S. The molecule has 1 fully saturated rings. The lowest BCUT2D eigenvalue weighted by Crippen LogP contribution is -2.29. The molecule has 2 aromatic heterocycles. The maximum absolute atomic E-state index is 11.5. The number of hydrogen-bond acceptors (Lipinski definition) is 4. The first-order valence-electron chi connectivity index (χ1n) is 12.1. The fraction of sp³-hybridized carbons (Fsp3) is 0.207. The smallest absolute Gasteiger partial charge is 0.221 e. The molecule has 1 amide bonds. The number of anilines is 2. The number of amides is 1. The average molecular weight is 512 g/mol. The van der Waals surface area contributed by atoms with E-state index in [0.29, 0.717) is 5.11 Å². The molecule has 5 rings (SSSR count). The summed E-state index contributed by atoms with van der Waals surface area (Å²) in [5, 5.41) is 6.98. The Hall–Kier alpha value is -4.17. The molecule has 0 radical (unpaired) electrons. The molecule has 3 heterocycles. The molecule has 0 unspecified atom stereocenters. The van der Waals surface area contributed by atoms with Crippen molar-refractivity contribution in [3.63, 3.8) is 0 Å². The van der Waals surface area contributed by atoms with Gasteiger partial charge in [-0.1, -0.05) is 6.07 Å². The molecule has 1 aliphatic heterocycles. The first-order chi connectivity index (χ1) is 17.9. The van der Waals surface area contributed by atoms with E-state index < -0.39 is 0 Å². The number of nitrogens with one attached hydrogen (secondary N) is 2. The van der Waals surface area contributed by atoms with E-state index in [1.165, 1.54) is 6.92 Å². The van der Waals surface area contributed by atoms with Gasteiger partial charge < -0.3 is 24.8 Å². The van der Waals surface area contributed by atoms with Crippen LogP contribution in [0.3, 0.4) is 0 Å². The van der Waals surface area contributed by atoms with Crippen LogP contribution in [-0.4, -0.2) is 27.7 Å².